The second-order valence-corrected chi connectivity index (χ2v) is 17.4. The average molecular weight is 503 g/mol. The van der Waals surface area contributed by atoms with Gasteiger partial charge in [-0.15, -0.1) is 0 Å². The molecule has 2 saturated heterocycles. The molecule has 3 aliphatic heterocycles. The van der Waals surface area contributed by atoms with Crippen molar-refractivity contribution in [1.29, 1.82) is 0 Å². The van der Waals surface area contributed by atoms with Crippen LogP contribution < -0.4 is 9.64 Å². The van der Waals surface area contributed by atoms with Crippen LogP contribution in [0.25, 0.3) is 0 Å². The van der Waals surface area contributed by atoms with Gasteiger partial charge < -0.3 is 23.9 Å². The van der Waals surface area contributed by atoms with E-state index in [1.165, 1.54) is 12.7 Å². The highest BCUT2D eigenvalue weighted by molar-refractivity contribution is 6.74. The van der Waals surface area contributed by atoms with Crippen LogP contribution in [0.5, 0.6) is 5.75 Å². The molecule has 1 aromatic carbocycles. The number of piperidine rings is 1. The van der Waals surface area contributed by atoms with E-state index in [9.17, 15) is 9.90 Å². The second-order valence-electron chi connectivity index (χ2n) is 12.7. The number of esters is 1. The van der Waals surface area contributed by atoms with Gasteiger partial charge in [0.05, 0.1) is 26.4 Å². The van der Waals surface area contributed by atoms with Crippen LogP contribution in [0, 0.1) is 5.92 Å². The summed E-state index contributed by atoms with van der Waals surface area (Å²) in [6.07, 6.45) is 1.78. The van der Waals surface area contributed by atoms with Crippen molar-refractivity contribution in [3.8, 4) is 5.75 Å². The quantitative estimate of drug-likeness (QED) is 0.499. The molecular formula is C27H42N2O5Si. The molecule has 5 rings (SSSR count). The number of rotatable bonds is 4. The van der Waals surface area contributed by atoms with Gasteiger partial charge in [-0.2, -0.15) is 0 Å². The number of likely N-dealkylation sites (N-methyl/N-ethyl adjacent to an activating group) is 1. The van der Waals surface area contributed by atoms with Crippen molar-refractivity contribution in [2.45, 2.75) is 87.4 Å². The Morgan fingerprint density at radius 2 is 1.94 bits per heavy atom. The molecule has 194 valence electrons. The van der Waals surface area contributed by atoms with Crippen LogP contribution in [0.4, 0.5) is 5.69 Å². The van der Waals surface area contributed by atoms with E-state index in [0.29, 0.717) is 19.4 Å². The van der Waals surface area contributed by atoms with E-state index in [0.717, 1.165) is 24.4 Å². The normalized spacial score (nSPS) is 36.4. The van der Waals surface area contributed by atoms with Crippen LogP contribution in [0.1, 0.15) is 45.6 Å². The number of aliphatic hydroxyl groups is 1. The van der Waals surface area contributed by atoms with Crippen LogP contribution in [0.3, 0.4) is 0 Å². The SMILES string of the molecule is COC(=O)[C@@]1(O[Si](C)(C)C(C)(C)C)C[C@@H]2C[C@@H](O)CN3CC[C@@]4(c5ccc(OC)cc5N(C)[C@H]41)[C@H]23. The Kier molecular flexibility index (Phi) is 5.68. The van der Waals surface area contributed by atoms with Crippen LogP contribution in [0.2, 0.25) is 18.1 Å². The smallest absolute Gasteiger partial charge is 0.339 e. The lowest BCUT2D eigenvalue weighted by Crippen LogP contribution is -2.75. The van der Waals surface area contributed by atoms with E-state index in [-0.39, 0.29) is 40.5 Å². The van der Waals surface area contributed by atoms with E-state index < -0.39 is 13.9 Å². The van der Waals surface area contributed by atoms with Crippen molar-refractivity contribution >= 4 is 20.0 Å². The summed E-state index contributed by atoms with van der Waals surface area (Å²) in [5, 5.41) is 10.8. The van der Waals surface area contributed by atoms with Crippen molar-refractivity contribution < 1.29 is 23.8 Å². The van der Waals surface area contributed by atoms with Crippen LogP contribution in [-0.4, -0.2) is 82.4 Å². The maximum atomic E-state index is 14.0. The Hall–Kier alpha value is -1.61. The van der Waals surface area contributed by atoms with Crippen molar-refractivity contribution in [3.63, 3.8) is 0 Å². The summed E-state index contributed by atoms with van der Waals surface area (Å²) >= 11 is 0. The summed E-state index contributed by atoms with van der Waals surface area (Å²) in [6.45, 7) is 12.7. The molecule has 0 radical (unpaired) electrons. The summed E-state index contributed by atoms with van der Waals surface area (Å²) < 4.78 is 18.5. The van der Waals surface area contributed by atoms with E-state index in [4.69, 9.17) is 13.9 Å². The van der Waals surface area contributed by atoms with Gasteiger partial charge in [-0.05, 0) is 61.5 Å². The van der Waals surface area contributed by atoms with Gasteiger partial charge in [0.2, 0.25) is 0 Å². The van der Waals surface area contributed by atoms with Crippen molar-refractivity contribution in [1.82, 2.24) is 4.90 Å². The van der Waals surface area contributed by atoms with Crippen LogP contribution in [0.15, 0.2) is 18.2 Å². The molecule has 0 unspecified atom stereocenters. The molecule has 3 heterocycles. The number of hydrogen-bond donors (Lipinski definition) is 1. The fraction of sp³-hybridized carbons (Fsp3) is 0.741. The third-order valence-electron chi connectivity index (χ3n) is 9.94. The highest BCUT2D eigenvalue weighted by Gasteiger charge is 2.74. The molecule has 1 aromatic rings. The lowest BCUT2D eigenvalue weighted by Gasteiger charge is -2.60. The van der Waals surface area contributed by atoms with Crippen molar-refractivity contribution in [2.24, 2.45) is 5.92 Å². The van der Waals surface area contributed by atoms with E-state index in [2.05, 4.69) is 62.8 Å². The highest BCUT2D eigenvalue weighted by Crippen LogP contribution is 2.65. The minimum atomic E-state index is -2.39. The summed E-state index contributed by atoms with van der Waals surface area (Å²) in [5.74, 6) is 0.670. The number of aliphatic hydroxyl groups excluding tert-OH is 1. The minimum Gasteiger partial charge on any atom is -0.497 e. The largest absolute Gasteiger partial charge is 0.497 e. The average Bonchev–Trinajstić information content (AvgIpc) is 3.28. The molecule has 0 amide bonds. The first kappa shape index (κ1) is 25.1. The Bertz CT molecular complexity index is 1030. The number of carbonyl (C=O) groups excluding carboxylic acids is 1. The molecule has 3 fully saturated rings. The molecule has 0 aromatic heterocycles. The molecule has 35 heavy (non-hydrogen) atoms. The Balaban J connectivity index is 1.76. The number of fused-ring (bicyclic) bond motifs is 1. The van der Waals surface area contributed by atoms with Crippen LogP contribution in [-0.2, 0) is 19.4 Å². The number of anilines is 1. The molecule has 1 N–H and O–H groups in total. The summed E-state index contributed by atoms with van der Waals surface area (Å²) in [6, 6.07) is 6.42. The zero-order chi connectivity index (χ0) is 25.6. The zero-order valence-electron chi connectivity index (χ0n) is 22.6. The zero-order valence-corrected chi connectivity index (χ0v) is 23.6. The lowest BCUT2D eigenvalue weighted by molar-refractivity contribution is -0.176. The predicted molar refractivity (Wildman–Crippen MR) is 139 cm³/mol. The molecule has 0 bridgehead atoms. The fourth-order valence-corrected chi connectivity index (χ4v) is 9.27. The lowest BCUT2D eigenvalue weighted by atomic mass is 9.54. The Morgan fingerprint density at radius 3 is 2.57 bits per heavy atom. The molecular weight excluding hydrogens is 460 g/mol. The second kappa shape index (κ2) is 7.94. The molecule has 1 aliphatic carbocycles. The van der Waals surface area contributed by atoms with Gasteiger partial charge in [0.1, 0.15) is 5.75 Å². The number of hydrogen-bond acceptors (Lipinski definition) is 7. The molecule has 6 atom stereocenters. The third-order valence-corrected chi connectivity index (χ3v) is 14.4. The van der Waals surface area contributed by atoms with E-state index in [1.54, 1.807) is 7.11 Å². The maximum Gasteiger partial charge on any atom is 0.339 e. The molecule has 1 spiro atoms. The van der Waals surface area contributed by atoms with Gasteiger partial charge in [0.15, 0.2) is 13.9 Å². The number of nitrogens with zero attached hydrogens (tertiary/aromatic N) is 2. The monoisotopic (exact) mass is 502 g/mol. The predicted octanol–water partition coefficient (Wildman–Crippen LogP) is 3.54. The number of ether oxygens (including phenoxy) is 2. The van der Waals surface area contributed by atoms with Gasteiger partial charge in [-0.25, -0.2) is 4.79 Å². The summed E-state index contributed by atoms with van der Waals surface area (Å²) in [4.78, 5) is 18.8. The van der Waals surface area contributed by atoms with Gasteiger partial charge in [-0.1, -0.05) is 26.8 Å². The molecule has 4 aliphatic rings. The Labute approximate surface area is 210 Å². The first-order valence-corrected chi connectivity index (χ1v) is 15.9. The van der Waals surface area contributed by atoms with Gasteiger partial charge in [0, 0.05) is 36.8 Å². The van der Waals surface area contributed by atoms with Gasteiger partial charge in [-0.3, -0.25) is 4.90 Å². The van der Waals surface area contributed by atoms with E-state index >= 15 is 0 Å². The third kappa shape index (κ3) is 3.29. The first-order valence-electron chi connectivity index (χ1n) is 12.9. The van der Waals surface area contributed by atoms with Crippen LogP contribution >= 0.6 is 0 Å². The van der Waals surface area contributed by atoms with Crippen molar-refractivity contribution in [2.75, 3.05) is 39.3 Å². The summed E-state index contributed by atoms with van der Waals surface area (Å²) in [7, 11) is 2.89. The topological polar surface area (TPSA) is 71.5 Å². The number of carbonyl (C=O) groups is 1. The molecule has 1 saturated carbocycles. The molecule has 8 heteroatoms. The minimum absolute atomic E-state index is 0.0704. The van der Waals surface area contributed by atoms with Gasteiger partial charge >= 0.3 is 5.97 Å². The fourth-order valence-electron chi connectivity index (χ4n) is 7.78. The maximum absolute atomic E-state index is 14.0. The molecule has 7 nitrogen and oxygen atoms in total. The van der Waals surface area contributed by atoms with Gasteiger partial charge in [0.25, 0.3) is 0 Å². The van der Waals surface area contributed by atoms with E-state index in [1.807, 2.05) is 6.07 Å². The van der Waals surface area contributed by atoms with Crippen molar-refractivity contribution in [3.05, 3.63) is 23.8 Å². The summed E-state index contributed by atoms with van der Waals surface area (Å²) in [5.41, 5.74) is 0.977. The standard InChI is InChI=1S/C27H42N2O5Si/c1-25(2,3)35(7,8)34-27(24(31)33-6)15-17-13-18(30)16-29-12-11-26(22(17)29)20-10-9-19(32-5)14-21(20)28(4)23(26)27/h9-10,14,17-18,22-23,30H,11-13,15-16H2,1-8H3/t17-,18+,22-,23+,26+,27+/m0/s1. The highest BCUT2D eigenvalue weighted by atomic mass is 28.4. The Morgan fingerprint density at radius 1 is 1.23 bits per heavy atom. The number of benzene rings is 1. The first-order chi connectivity index (χ1) is 16.3. The number of methoxy groups -OCH3 is 2.